The maximum atomic E-state index is 13.2. The molecule has 186 valence electrons. The molecule has 34 heavy (non-hydrogen) atoms. The van der Waals surface area contributed by atoms with Gasteiger partial charge in [0.2, 0.25) is 5.91 Å². The number of benzene rings is 1. The van der Waals surface area contributed by atoms with Gasteiger partial charge in [0, 0.05) is 25.3 Å². The van der Waals surface area contributed by atoms with Crippen molar-refractivity contribution >= 4 is 23.5 Å². The first-order valence-corrected chi connectivity index (χ1v) is 12.5. The van der Waals surface area contributed by atoms with E-state index in [0.717, 1.165) is 49.4 Å². The fraction of sp³-hybridized carbons (Fsp3) is 0.654. The molecule has 2 heterocycles. The summed E-state index contributed by atoms with van der Waals surface area (Å²) in [5, 5.41) is 5.81. The number of hydrogen-bond donors (Lipinski definition) is 2. The van der Waals surface area contributed by atoms with E-state index in [1.165, 1.54) is 12.1 Å². The van der Waals surface area contributed by atoms with Crippen LogP contribution in [0.3, 0.4) is 0 Å². The number of imide groups is 1. The Morgan fingerprint density at radius 2 is 1.85 bits per heavy atom. The molecular formula is C26H37FN4O3. The Morgan fingerprint density at radius 1 is 1.18 bits per heavy atom. The zero-order valence-corrected chi connectivity index (χ0v) is 20.5. The Kier molecular flexibility index (Phi) is 6.87. The van der Waals surface area contributed by atoms with E-state index in [0.29, 0.717) is 25.3 Å². The van der Waals surface area contributed by atoms with Crippen LogP contribution in [0.25, 0.3) is 0 Å². The van der Waals surface area contributed by atoms with Crippen LogP contribution in [0.2, 0.25) is 0 Å². The lowest BCUT2D eigenvalue weighted by Gasteiger charge is -2.42. The average Bonchev–Trinajstić information content (AvgIpc) is 3.38. The van der Waals surface area contributed by atoms with Gasteiger partial charge in [0.05, 0.1) is 0 Å². The van der Waals surface area contributed by atoms with Gasteiger partial charge in [0.25, 0.3) is 5.91 Å². The van der Waals surface area contributed by atoms with Crippen LogP contribution >= 0.6 is 0 Å². The van der Waals surface area contributed by atoms with E-state index < -0.39 is 11.6 Å². The second-order valence-electron chi connectivity index (χ2n) is 10.9. The molecule has 3 fully saturated rings. The first kappa shape index (κ1) is 24.5. The molecule has 0 bridgehead atoms. The van der Waals surface area contributed by atoms with Crippen molar-refractivity contribution in [3.63, 3.8) is 0 Å². The lowest BCUT2D eigenvalue weighted by atomic mass is 9.65. The van der Waals surface area contributed by atoms with E-state index in [1.54, 1.807) is 12.1 Å². The summed E-state index contributed by atoms with van der Waals surface area (Å²) in [4.78, 5) is 41.6. The summed E-state index contributed by atoms with van der Waals surface area (Å²) >= 11 is 0. The minimum atomic E-state index is -0.848. The molecule has 3 aliphatic rings. The zero-order valence-electron chi connectivity index (χ0n) is 20.5. The van der Waals surface area contributed by atoms with Crippen molar-refractivity contribution in [2.75, 3.05) is 31.1 Å². The van der Waals surface area contributed by atoms with E-state index >= 15 is 0 Å². The number of carbonyl (C=O) groups excluding carboxylic acids is 3. The predicted octanol–water partition coefficient (Wildman–Crippen LogP) is 3.69. The molecule has 1 aromatic rings. The Balaban J connectivity index is 1.26. The highest BCUT2D eigenvalue weighted by Crippen LogP contribution is 2.45. The summed E-state index contributed by atoms with van der Waals surface area (Å²) in [6, 6.07) is 5.97. The summed E-state index contributed by atoms with van der Waals surface area (Å²) in [7, 11) is 0. The molecule has 4 amide bonds. The van der Waals surface area contributed by atoms with Crippen LogP contribution in [0.15, 0.2) is 24.3 Å². The van der Waals surface area contributed by atoms with Gasteiger partial charge < -0.3 is 15.5 Å². The maximum absolute atomic E-state index is 13.2. The molecule has 2 N–H and O–H groups in total. The van der Waals surface area contributed by atoms with E-state index in [9.17, 15) is 18.8 Å². The molecule has 1 aromatic carbocycles. The van der Waals surface area contributed by atoms with Crippen LogP contribution < -0.4 is 15.5 Å². The van der Waals surface area contributed by atoms with E-state index in [-0.39, 0.29) is 35.5 Å². The third kappa shape index (κ3) is 4.91. The quantitative estimate of drug-likeness (QED) is 0.593. The molecule has 1 saturated carbocycles. The summed E-state index contributed by atoms with van der Waals surface area (Å²) in [6.07, 6.45) is 5.06. The molecule has 2 aliphatic heterocycles. The number of anilines is 1. The molecule has 4 rings (SSSR count). The lowest BCUT2D eigenvalue weighted by Crippen LogP contribution is -2.51. The predicted molar refractivity (Wildman–Crippen MR) is 129 cm³/mol. The molecule has 2 saturated heterocycles. The summed E-state index contributed by atoms with van der Waals surface area (Å²) in [5.74, 6) is -0.0380. The fourth-order valence-corrected chi connectivity index (χ4v) is 5.68. The molecular weight excluding hydrogens is 435 g/mol. The monoisotopic (exact) mass is 472 g/mol. The number of urea groups is 1. The van der Waals surface area contributed by atoms with Gasteiger partial charge in [-0.05, 0) is 73.6 Å². The van der Waals surface area contributed by atoms with Crippen molar-refractivity contribution in [3.8, 4) is 0 Å². The van der Waals surface area contributed by atoms with Gasteiger partial charge in [-0.1, -0.05) is 27.2 Å². The fourth-order valence-electron chi connectivity index (χ4n) is 5.68. The van der Waals surface area contributed by atoms with E-state index in [1.807, 2.05) is 0 Å². The van der Waals surface area contributed by atoms with Gasteiger partial charge in [-0.2, -0.15) is 0 Å². The van der Waals surface area contributed by atoms with Crippen molar-refractivity contribution in [2.24, 2.45) is 17.3 Å². The third-order valence-electron chi connectivity index (χ3n) is 8.47. The number of carbonyl (C=O) groups is 3. The SMILES string of the molecule is CCC(C)(C)C1CCC2(CC1)NC(=O)N(CC(=O)NCC1CCN(c3ccc(F)cc3)C1)C2=O. The van der Waals surface area contributed by atoms with Gasteiger partial charge in [0.1, 0.15) is 17.9 Å². The molecule has 1 atom stereocenters. The Bertz CT molecular complexity index is 924. The summed E-state index contributed by atoms with van der Waals surface area (Å²) in [6.45, 7) is 8.59. The van der Waals surface area contributed by atoms with Gasteiger partial charge in [-0.15, -0.1) is 0 Å². The summed E-state index contributed by atoms with van der Waals surface area (Å²) < 4.78 is 13.2. The highest BCUT2D eigenvalue weighted by molar-refractivity contribution is 6.09. The lowest BCUT2D eigenvalue weighted by molar-refractivity contribution is -0.136. The second-order valence-corrected chi connectivity index (χ2v) is 10.9. The van der Waals surface area contributed by atoms with Crippen molar-refractivity contribution in [2.45, 2.75) is 64.8 Å². The highest BCUT2D eigenvalue weighted by atomic mass is 19.1. The van der Waals surface area contributed by atoms with E-state index in [4.69, 9.17) is 0 Å². The van der Waals surface area contributed by atoms with Crippen LogP contribution in [0, 0.1) is 23.1 Å². The average molecular weight is 473 g/mol. The number of nitrogens with one attached hydrogen (secondary N) is 2. The van der Waals surface area contributed by atoms with Crippen LogP contribution in [0.4, 0.5) is 14.9 Å². The van der Waals surface area contributed by atoms with Crippen molar-refractivity contribution in [1.82, 2.24) is 15.5 Å². The van der Waals surface area contributed by atoms with Crippen molar-refractivity contribution in [1.29, 1.82) is 0 Å². The molecule has 0 radical (unpaired) electrons. The first-order chi connectivity index (χ1) is 16.1. The maximum Gasteiger partial charge on any atom is 0.325 e. The topological polar surface area (TPSA) is 81.8 Å². The normalized spacial score (nSPS) is 27.4. The second kappa shape index (κ2) is 9.55. The van der Waals surface area contributed by atoms with Crippen LogP contribution in [0.1, 0.15) is 59.3 Å². The highest BCUT2D eigenvalue weighted by Gasteiger charge is 2.53. The van der Waals surface area contributed by atoms with Gasteiger partial charge in [-0.25, -0.2) is 9.18 Å². The smallest absolute Gasteiger partial charge is 0.325 e. The largest absolute Gasteiger partial charge is 0.371 e. The van der Waals surface area contributed by atoms with E-state index in [2.05, 4.69) is 36.3 Å². The standard InChI is InChI=1S/C26H37FN4O3/c1-4-25(2,3)19-9-12-26(13-10-19)23(33)31(24(34)29-26)17-22(32)28-15-18-11-14-30(16-18)21-7-5-20(27)6-8-21/h5-8,18-19H,4,9-17H2,1-3H3,(H,28,32)(H,29,34). The zero-order chi connectivity index (χ0) is 24.5. The molecule has 1 spiro atoms. The number of nitrogens with zero attached hydrogens (tertiary/aromatic N) is 2. The molecule has 7 nitrogen and oxygen atoms in total. The van der Waals surface area contributed by atoms with Crippen molar-refractivity contribution in [3.05, 3.63) is 30.1 Å². The number of halogens is 1. The van der Waals surface area contributed by atoms with Gasteiger partial charge in [0.15, 0.2) is 0 Å². The molecule has 0 aromatic heterocycles. The Morgan fingerprint density at radius 3 is 2.50 bits per heavy atom. The van der Waals surface area contributed by atoms with Crippen LogP contribution in [0.5, 0.6) is 0 Å². The Labute approximate surface area is 201 Å². The summed E-state index contributed by atoms with van der Waals surface area (Å²) in [5.41, 5.74) is 0.343. The minimum absolute atomic E-state index is 0.222. The van der Waals surface area contributed by atoms with Crippen LogP contribution in [-0.2, 0) is 9.59 Å². The molecule has 1 unspecified atom stereocenters. The number of hydrogen-bond acceptors (Lipinski definition) is 4. The third-order valence-corrected chi connectivity index (χ3v) is 8.47. The number of rotatable bonds is 7. The van der Waals surface area contributed by atoms with Crippen molar-refractivity contribution < 1.29 is 18.8 Å². The molecule has 8 heteroatoms. The molecule has 1 aliphatic carbocycles. The number of amides is 4. The Hall–Kier alpha value is -2.64. The minimum Gasteiger partial charge on any atom is -0.371 e. The van der Waals surface area contributed by atoms with Gasteiger partial charge >= 0.3 is 6.03 Å². The van der Waals surface area contributed by atoms with Crippen LogP contribution in [-0.4, -0.2) is 54.5 Å². The first-order valence-electron chi connectivity index (χ1n) is 12.5. The van der Waals surface area contributed by atoms with Gasteiger partial charge in [-0.3, -0.25) is 14.5 Å².